The molecule has 10 heteroatoms. The van der Waals surface area contributed by atoms with Crippen molar-refractivity contribution in [2.24, 2.45) is 0 Å². The predicted octanol–water partition coefficient (Wildman–Crippen LogP) is 1.92. The molecule has 0 radical (unpaired) electrons. The molecular weight excluding hydrogens is 418 g/mol. The summed E-state index contributed by atoms with van der Waals surface area (Å²) < 4.78 is 59.3. The van der Waals surface area contributed by atoms with E-state index in [-0.39, 0.29) is 22.6 Å². The minimum absolute atomic E-state index is 0.0576. The molecule has 3 rings (SSSR count). The molecule has 1 heterocycles. The second-order valence-electron chi connectivity index (χ2n) is 6.62. The molecule has 8 nitrogen and oxygen atoms in total. The Morgan fingerprint density at radius 3 is 2.48 bits per heavy atom. The zero-order valence-electron chi connectivity index (χ0n) is 15.9. The third kappa shape index (κ3) is 4.54. The standard InChI is InChI=1S/C19H21NO7S2/c1-26-14-6-7-18(27-2)17(11-14)20-19(21)13-4-3-5-15(10-13)29(24,25)16-8-9-28(22,23)12-16/h3-7,10-11,16H,8-9,12H2,1-2H3,(H,20,21)/t16-/m1/s1. The number of sulfone groups is 2. The van der Waals surface area contributed by atoms with Gasteiger partial charge in [-0.25, -0.2) is 16.8 Å². The lowest BCUT2D eigenvalue weighted by atomic mass is 10.2. The molecule has 1 aliphatic heterocycles. The van der Waals surface area contributed by atoms with Crippen molar-refractivity contribution in [3.8, 4) is 11.5 Å². The van der Waals surface area contributed by atoms with E-state index in [1.54, 1.807) is 18.2 Å². The molecule has 1 N–H and O–H groups in total. The Morgan fingerprint density at radius 2 is 1.86 bits per heavy atom. The van der Waals surface area contributed by atoms with Crippen molar-refractivity contribution in [3.05, 3.63) is 48.0 Å². The topological polar surface area (TPSA) is 116 Å². The highest BCUT2D eigenvalue weighted by Crippen LogP contribution is 2.30. The van der Waals surface area contributed by atoms with Crippen LogP contribution in [0.4, 0.5) is 5.69 Å². The normalized spacial score (nSPS) is 18.2. The van der Waals surface area contributed by atoms with Crippen LogP contribution in [0.25, 0.3) is 0 Å². The van der Waals surface area contributed by atoms with Crippen molar-refractivity contribution in [1.29, 1.82) is 0 Å². The average molecular weight is 440 g/mol. The third-order valence-electron chi connectivity index (χ3n) is 4.71. The maximum absolute atomic E-state index is 12.8. The highest BCUT2D eigenvalue weighted by Gasteiger charge is 2.38. The summed E-state index contributed by atoms with van der Waals surface area (Å²) in [6.45, 7) is 0. The van der Waals surface area contributed by atoms with E-state index in [9.17, 15) is 21.6 Å². The van der Waals surface area contributed by atoms with E-state index in [1.807, 2.05) is 0 Å². The number of hydrogen-bond acceptors (Lipinski definition) is 7. The van der Waals surface area contributed by atoms with Gasteiger partial charge in [-0.05, 0) is 36.8 Å². The maximum Gasteiger partial charge on any atom is 0.255 e. The highest BCUT2D eigenvalue weighted by atomic mass is 32.2. The van der Waals surface area contributed by atoms with E-state index in [4.69, 9.17) is 9.47 Å². The Kier molecular flexibility index (Phi) is 5.85. The minimum atomic E-state index is -3.87. The lowest BCUT2D eigenvalue weighted by molar-refractivity contribution is 0.102. The first-order valence-corrected chi connectivity index (χ1v) is 12.1. The van der Waals surface area contributed by atoms with Crippen molar-refractivity contribution in [2.45, 2.75) is 16.6 Å². The van der Waals surface area contributed by atoms with Crippen LogP contribution in [0.5, 0.6) is 11.5 Å². The number of carbonyl (C=O) groups excluding carboxylic acids is 1. The van der Waals surface area contributed by atoms with Crippen LogP contribution in [0, 0.1) is 0 Å². The van der Waals surface area contributed by atoms with Gasteiger partial charge in [-0.2, -0.15) is 0 Å². The number of methoxy groups -OCH3 is 2. The number of anilines is 1. The number of rotatable bonds is 6. The fourth-order valence-corrected chi connectivity index (χ4v) is 7.52. The number of hydrogen-bond donors (Lipinski definition) is 1. The zero-order chi connectivity index (χ0) is 21.2. The Hall–Kier alpha value is -2.59. The molecule has 0 bridgehead atoms. The molecule has 0 saturated carbocycles. The third-order valence-corrected chi connectivity index (χ3v) is 8.88. The van der Waals surface area contributed by atoms with Crippen LogP contribution < -0.4 is 14.8 Å². The van der Waals surface area contributed by atoms with Gasteiger partial charge in [-0.3, -0.25) is 4.79 Å². The summed E-state index contributed by atoms with van der Waals surface area (Å²) in [6.07, 6.45) is 0.0576. The van der Waals surface area contributed by atoms with Crippen molar-refractivity contribution in [2.75, 3.05) is 31.0 Å². The molecule has 1 amide bonds. The van der Waals surface area contributed by atoms with Crippen LogP contribution in [0.15, 0.2) is 47.4 Å². The van der Waals surface area contributed by atoms with E-state index in [0.29, 0.717) is 17.2 Å². The molecule has 1 atom stereocenters. The van der Waals surface area contributed by atoms with E-state index in [1.165, 1.54) is 38.5 Å². The molecule has 1 saturated heterocycles. The SMILES string of the molecule is COc1ccc(OC)c(NC(=O)c2cccc(S(=O)(=O)[C@@H]3CCS(=O)(=O)C3)c2)c1. The summed E-state index contributed by atoms with van der Waals surface area (Å²) in [7, 11) is -4.27. The summed E-state index contributed by atoms with van der Waals surface area (Å²) in [5, 5.41) is 1.68. The Balaban J connectivity index is 1.87. The molecule has 1 aliphatic rings. The van der Waals surface area contributed by atoms with Crippen LogP contribution in [0.2, 0.25) is 0 Å². The van der Waals surface area contributed by atoms with Gasteiger partial charge in [0.15, 0.2) is 19.7 Å². The fourth-order valence-electron chi connectivity index (χ4n) is 3.12. The van der Waals surface area contributed by atoms with Gasteiger partial charge >= 0.3 is 0 Å². The predicted molar refractivity (Wildman–Crippen MR) is 108 cm³/mol. The van der Waals surface area contributed by atoms with Crippen LogP contribution in [0.3, 0.4) is 0 Å². The lowest BCUT2D eigenvalue weighted by Gasteiger charge is -2.13. The van der Waals surface area contributed by atoms with Crippen molar-refractivity contribution in [3.63, 3.8) is 0 Å². The van der Waals surface area contributed by atoms with Crippen LogP contribution in [-0.2, 0) is 19.7 Å². The molecule has 2 aromatic rings. The number of ether oxygens (including phenoxy) is 2. The molecule has 2 aromatic carbocycles. The Morgan fingerprint density at radius 1 is 1.10 bits per heavy atom. The summed E-state index contributed by atoms with van der Waals surface area (Å²) in [5.41, 5.74) is 0.490. The molecule has 0 aliphatic carbocycles. The van der Waals surface area contributed by atoms with Gasteiger partial charge in [0.25, 0.3) is 5.91 Å². The first-order chi connectivity index (χ1) is 13.7. The minimum Gasteiger partial charge on any atom is -0.497 e. The number of carbonyl (C=O) groups is 1. The molecule has 0 unspecified atom stereocenters. The monoisotopic (exact) mass is 439 g/mol. The first kappa shape index (κ1) is 21.1. The van der Waals surface area contributed by atoms with Gasteiger partial charge in [-0.1, -0.05) is 6.07 Å². The van der Waals surface area contributed by atoms with Crippen molar-refractivity contribution in [1.82, 2.24) is 0 Å². The zero-order valence-corrected chi connectivity index (χ0v) is 17.5. The van der Waals surface area contributed by atoms with Gasteiger partial charge in [0.1, 0.15) is 11.5 Å². The molecule has 0 spiro atoms. The Labute approximate surface area is 169 Å². The average Bonchev–Trinajstić information content (AvgIpc) is 3.08. The lowest BCUT2D eigenvalue weighted by Crippen LogP contribution is -2.23. The molecular formula is C19H21NO7S2. The summed E-state index contributed by atoms with van der Waals surface area (Å²) in [6, 6.07) is 10.4. The van der Waals surface area contributed by atoms with Crippen molar-refractivity contribution >= 4 is 31.3 Å². The summed E-state index contributed by atoms with van der Waals surface area (Å²) in [5.74, 6) is -0.147. The van der Waals surface area contributed by atoms with E-state index in [0.717, 1.165) is 0 Å². The molecule has 1 fully saturated rings. The second kappa shape index (κ2) is 8.03. The van der Waals surface area contributed by atoms with E-state index < -0.39 is 36.6 Å². The van der Waals surface area contributed by atoms with Gasteiger partial charge in [-0.15, -0.1) is 0 Å². The van der Waals surface area contributed by atoms with Gasteiger partial charge in [0, 0.05) is 11.6 Å². The smallest absolute Gasteiger partial charge is 0.255 e. The maximum atomic E-state index is 12.8. The molecule has 29 heavy (non-hydrogen) atoms. The molecule has 0 aromatic heterocycles. The fraction of sp³-hybridized carbons (Fsp3) is 0.316. The first-order valence-electron chi connectivity index (χ1n) is 8.74. The quantitative estimate of drug-likeness (QED) is 0.731. The van der Waals surface area contributed by atoms with Gasteiger partial charge < -0.3 is 14.8 Å². The largest absolute Gasteiger partial charge is 0.497 e. The summed E-state index contributed by atoms with van der Waals surface area (Å²) in [4.78, 5) is 12.6. The van der Waals surface area contributed by atoms with E-state index in [2.05, 4.69) is 5.32 Å². The van der Waals surface area contributed by atoms with Crippen LogP contribution >= 0.6 is 0 Å². The number of amides is 1. The number of nitrogens with one attached hydrogen (secondary N) is 1. The summed E-state index contributed by atoms with van der Waals surface area (Å²) >= 11 is 0. The molecule has 156 valence electrons. The number of benzene rings is 2. The van der Waals surface area contributed by atoms with Crippen LogP contribution in [0.1, 0.15) is 16.8 Å². The van der Waals surface area contributed by atoms with Gasteiger partial charge in [0.05, 0.1) is 41.6 Å². The van der Waals surface area contributed by atoms with Crippen molar-refractivity contribution < 1.29 is 31.1 Å². The van der Waals surface area contributed by atoms with E-state index >= 15 is 0 Å². The van der Waals surface area contributed by atoms with Crippen LogP contribution in [-0.4, -0.2) is 53.7 Å². The Bertz CT molecular complexity index is 1140. The second-order valence-corrected chi connectivity index (χ2v) is 11.1. The van der Waals surface area contributed by atoms with Gasteiger partial charge in [0.2, 0.25) is 0 Å². The highest BCUT2D eigenvalue weighted by molar-refractivity contribution is 7.96.